The molecule has 0 aliphatic carbocycles. The fourth-order valence-electron chi connectivity index (χ4n) is 5.28. The normalized spacial score (nSPS) is 20.7. The van der Waals surface area contributed by atoms with E-state index in [2.05, 4.69) is 16.1 Å². The van der Waals surface area contributed by atoms with Crippen LogP contribution in [0.1, 0.15) is 64.5 Å². The minimum absolute atomic E-state index is 0.0203. The van der Waals surface area contributed by atoms with Crippen molar-refractivity contribution < 1.29 is 18.0 Å². The van der Waals surface area contributed by atoms with Gasteiger partial charge in [0.05, 0.1) is 34.8 Å². The molecule has 2 aliphatic heterocycles. The summed E-state index contributed by atoms with van der Waals surface area (Å²) in [6.45, 7) is 5.27. The van der Waals surface area contributed by atoms with Gasteiger partial charge in [0, 0.05) is 37.5 Å². The highest BCUT2D eigenvalue weighted by atomic mass is 19.4. The second-order valence-corrected chi connectivity index (χ2v) is 9.74. The van der Waals surface area contributed by atoms with E-state index in [1.165, 1.54) is 17.0 Å². The molecule has 36 heavy (non-hydrogen) atoms. The number of hydrogen-bond donors (Lipinski definition) is 0. The van der Waals surface area contributed by atoms with Crippen LogP contribution in [0.3, 0.4) is 0 Å². The van der Waals surface area contributed by atoms with Crippen molar-refractivity contribution in [3.05, 3.63) is 58.4 Å². The van der Waals surface area contributed by atoms with Crippen molar-refractivity contribution in [2.24, 2.45) is 5.92 Å². The van der Waals surface area contributed by atoms with Crippen LogP contribution in [0.15, 0.2) is 30.5 Å². The molecule has 10 heteroatoms. The smallest absolute Gasteiger partial charge is 0.355 e. The van der Waals surface area contributed by atoms with E-state index < -0.39 is 23.7 Å². The van der Waals surface area contributed by atoms with Gasteiger partial charge in [-0.25, -0.2) is 9.50 Å². The van der Waals surface area contributed by atoms with Gasteiger partial charge in [0.2, 0.25) is 0 Å². The second kappa shape index (κ2) is 9.12. The summed E-state index contributed by atoms with van der Waals surface area (Å²) >= 11 is 0. The Hall–Kier alpha value is -3.61. The molecule has 1 aromatic carbocycles. The lowest BCUT2D eigenvalue weighted by atomic mass is 9.96. The number of hydrogen-bond acceptors (Lipinski definition) is 5. The number of nitriles is 1. The Morgan fingerprint density at radius 3 is 2.67 bits per heavy atom. The fourth-order valence-corrected chi connectivity index (χ4v) is 5.28. The number of anilines is 1. The molecule has 2 atom stereocenters. The van der Waals surface area contributed by atoms with Gasteiger partial charge in [-0.05, 0) is 51.7 Å². The molecule has 2 fully saturated rings. The number of rotatable bonds is 3. The first-order valence-corrected chi connectivity index (χ1v) is 12.2. The van der Waals surface area contributed by atoms with Crippen molar-refractivity contribution in [2.75, 3.05) is 24.5 Å². The van der Waals surface area contributed by atoms with Gasteiger partial charge in [0.25, 0.3) is 5.91 Å². The third-order valence-electron chi connectivity index (χ3n) is 7.11. The van der Waals surface area contributed by atoms with Crippen LogP contribution in [0.25, 0.3) is 5.65 Å². The average molecular weight is 497 g/mol. The van der Waals surface area contributed by atoms with E-state index in [0.29, 0.717) is 36.4 Å². The van der Waals surface area contributed by atoms with Crippen molar-refractivity contribution in [2.45, 2.75) is 51.7 Å². The van der Waals surface area contributed by atoms with Gasteiger partial charge in [0.1, 0.15) is 5.82 Å². The molecular formula is C26H27F3N6O. The van der Waals surface area contributed by atoms with Crippen LogP contribution >= 0.6 is 0 Å². The summed E-state index contributed by atoms with van der Waals surface area (Å²) in [5.74, 6) is 0.152. The van der Waals surface area contributed by atoms with Crippen molar-refractivity contribution in [3.63, 3.8) is 0 Å². The van der Waals surface area contributed by atoms with Gasteiger partial charge in [0.15, 0.2) is 5.65 Å². The van der Waals surface area contributed by atoms with Gasteiger partial charge in [-0.1, -0.05) is 11.6 Å². The first-order chi connectivity index (χ1) is 17.2. The number of alkyl halides is 3. The summed E-state index contributed by atoms with van der Waals surface area (Å²) in [6, 6.07) is 7.54. The number of nitrogens with zero attached hydrogens (tertiary/aromatic N) is 6. The van der Waals surface area contributed by atoms with Crippen LogP contribution in [-0.2, 0) is 6.18 Å². The molecule has 0 bridgehead atoms. The van der Waals surface area contributed by atoms with Crippen LogP contribution in [0, 0.1) is 31.1 Å². The van der Waals surface area contributed by atoms with Gasteiger partial charge in [-0.15, -0.1) is 0 Å². The molecule has 188 valence electrons. The minimum Gasteiger partial charge on any atom is -0.355 e. The molecule has 2 saturated heterocycles. The number of piperidine rings is 1. The zero-order chi connectivity index (χ0) is 25.6. The highest BCUT2D eigenvalue weighted by molar-refractivity contribution is 5.96. The summed E-state index contributed by atoms with van der Waals surface area (Å²) in [4.78, 5) is 21.9. The molecular weight excluding hydrogens is 469 g/mol. The zero-order valence-electron chi connectivity index (χ0n) is 20.2. The first kappa shape index (κ1) is 24.1. The maximum absolute atomic E-state index is 13.7. The number of benzene rings is 1. The van der Waals surface area contributed by atoms with Gasteiger partial charge >= 0.3 is 6.18 Å². The molecule has 0 unspecified atom stereocenters. The molecule has 3 aromatic rings. The number of halogens is 3. The zero-order valence-corrected chi connectivity index (χ0v) is 20.2. The average Bonchev–Trinajstić information content (AvgIpc) is 3.49. The van der Waals surface area contributed by atoms with E-state index in [9.17, 15) is 23.2 Å². The summed E-state index contributed by atoms with van der Waals surface area (Å²) < 4.78 is 42.9. The first-order valence-electron chi connectivity index (χ1n) is 12.2. The minimum atomic E-state index is -4.62. The Kier molecular flexibility index (Phi) is 6.10. The van der Waals surface area contributed by atoms with E-state index >= 15 is 0 Å². The fraction of sp³-hybridized carbons (Fsp3) is 0.462. The lowest BCUT2D eigenvalue weighted by Crippen LogP contribution is -2.39. The topological polar surface area (TPSA) is 77.5 Å². The molecule has 0 saturated carbocycles. The summed E-state index contributed by atoms with van der Waals surface area (Å²) in [5.41, 5.74) is 1.35. The van der Waals surface area contributed by atoms with E-state index in [1.807, 2.05) is 19.2 Å². The maximum Gasteiger partial charge on any atom is 0.417 e. The number of carbonyl (C=O) groups excluding carboxylic acids is 1. The third-order valence-corrected chi connectivity index (χ3v) is 7.11. The predicted molar refractivity (Wildman–Crippen MR) is 127 cm³/mol. The molecule has 0 N–H and O–H groups in total. The number of amides is 1. The third kappa shape index (κ3) is 4.38. The van der Waals surface area contributed by atoms with Gasteiger partial charge < -0.3 is 9.80 Å². The van der Waals surface area contributed by atoms with Crippen molar-refractivity contribution >= 4 is 17.4 Å². The van der Waals surface area contributed by atoms with Crippen molar-refractivity contribution in [3.8, 4) is 6.07 Å². The predicted octanol–water partition coefficient (Wildman–Crippen LogP) is 5.08. The molecule has 2 aliphatic rings. The number of aryl methyl sites for hydroxylation is 2. The maximum atomic E-state index is 13.7. The summed E-state index contributed by atoms with van der Waals surface area (Å²) in [5, 5.41) is 13.9. The largest absolute Gasteiger partial charge is 0.417 e. The molecule has 5 rings (SSSR count). The van der Waals surface area contributed by atoms with Gasteiger partial charge in [-0.3, -0.25) is 4.79 Å². The van der Waals surface area contributed by atoms with Crippen LogP contribution < -0.4 is 4.90 Å². The molecule has 2 aromatic heterocycles. The number of carbonyl (C=O) groups is 1. The molecule has 4 heterocycles. The lowest BCUT2D eigenvalue weighted by molar-refractivity contribution is -0.138. The number of aromatic nitrogens is 3. The Morgan fingerprint density at radius 1 is 1.14 bits per heavy atom. The molecule has 7 nitrogen and oxygen atoms in total. The van der Waals surface area contributed by atoms with Crippen molar-refractivity contribution in [1.82, 2.24) is 19.5 Å². The summed E-state index contributed by atoms with van der Waals surface area (Å²) in [7, 11) is 0. The quantitative estimate of drug-likeness (QED) is 0.505. The standard InChI is InChI=1S/C26H27F3N6O/c1-16-6-7-19(20(11-16)26(27,28)29)25(36)34-9-4-3-5-22(34)21-12-23-31-24(17(2)14-35(23)32-21)33-10-8-18(13-30)15-33/h6-7,11-12,14,18,22H,3-5,8-10,15H2,1-2H3/t18-,22+/m1/s1. The molecule has 1 amide bonds. The monoisotopic (exact) mass is 496 g/mol. The molecule has 0 spiro atoms. The van der Waals surface area contributed by atoms with Crippen LogP contribution in [-0.4, -0.2) is 45.0 Å². The van der Waals surface area contributed by atoms with E-state index in [1.54, 1.807) is 11.4 Å². The van der Waals surface area contributed by atoms with Crippen LogP contribution in [0.2, 0.25) is 0 Å². The Labute approximate surface area is 207 Å². The van der Waals surface area contributed by atoms with E-state index in [4.69, 9.17) is 4.98 Å². The van der Waals surface area contributed by atoms with Crippen LogP contribution in [0.5, 0.6) is 0 Å². The Morgan fingerprint density at radius 2 is 1.94 bits per heavy atom. The van der Waals surface area contributed by atoms with Gasteiger partial charge in [-0.2, -0.15) is 23.5 Å². The Balaban J connectivity index is 1.48. The number of fused-ring (bicyclic) bond motifs is 1. The van der Waals surface area contributed by atoms with Crippen LogP contribution in [0.4, 0.5) is 19.0 Å². The van der Waals surface area contributed by atoms with E-state index in [-0.39, 0.29) is 11.5 Å². The highest BCUT2D eigenvalue weighted by Gasteiger charge is 2.38. The second-order valence-electron chi connectivity index (χ2n) is 9.74. The van der Waals surface area contributed by atoms with Crippen molar-refractivity contribution in [1.29, 1.82) is 5.26 Å². The SMILES string of the molecule is Cc1ccc(C(=O)N2CCCC[C@H]2c2cc3nc(N4CC[C@H](C#N)C4)c(C)cn3n2)c(C(F)(F)F)c1. The highest BCUT2D eigenvalue weighted by Crippen LogP contribution is 2.37. The van der Waals surface area contributed by atoms with E-state index in [0.717, 1.165) is 43.3 Å². The number of likely N-dealkylation sites (tertiary alicyclic amines) is 1. The lowest BCUT2D eigenvalue weighted by Gasteiger charge is -2.35. The summed E-state index contributed by atoms with van der Waals surface area (Å²) in [6.07, 6.45) is 0.236. The molecule has 0 radical (unpaired) electrons. The Bertz CT molecular complexity index is 1360.